The zero-order chi connectivity index (χ0) is 15.2. The van der Waals surface area contributed by atoms with Crippen LogP contribution in [0.4, 0.5) is 0 Å². The summed E-state index contributed by atoms with van der Waals surface area (Å²) in [5.41, 5.74) is 9.19. The van der Waals surface area contributed by atoms with Crippen LogP contribution in [-0.2, 0) is 4.65 Å². The van der Waals surface area contributed by atoms with Crippen molar-refractivity contribution in [3.63, 3.8) is 0 Å². The highest BCUT2D eigenvalue weighted by Gasteiger charge is 2.22. The van der Waals surface area contributed by atoms with Crippen LogP contribution in [0.25, 0.3) is 11.1 Å². The highest BCUT2D eigenvalue weighted by molar-refractivity contribution is 7.22. The predicted octanol–water partition coefficient (Wildman–Crippen LogP) is 2.50. The fraction of sp³-hybridized carbons (Fsp3) is 0.111. The van der Waals surface area contributed by atoms with Crippen LogP contribution < -0.4 is 16.0 Å². The van der Waals surface area contributed by atoms with Gasteiger partial charge in [0.2, 0.25) is 0 Å². The van der Waals surface area contributed by atoms with Crippen LogP contribution in [0, 0.1) is 0 Å². The minimum absolute atomic E-state index is 0.0339. The van der Waals surface area contributed by atoms with Gasteiger partial charge in [0, 0.05) is 17.9 Å². The van der Waals surface area contributed by atoms with Crippen LogP contribution in [0.2, 0.25) is 0 Å². The molecule has 3 aromatic rings. The van der Waals surface area contributed by atoms with Gasteiger partial charge in [0.05, 0.1) is 0 Å². The Hall–Kier alpha value is -1.88. The molecule has 2 aromatic carbocycles. The lowest BCUT2D eigenvalue weighted by atomic mass is 9.59. The largest absolute Gasteiger partial charge is 0.425 e. The molecule has 0 bridgehead atoms. The Morgan fingerprint density at radius 2 is 1.59 bits per heavy atom. The minimum Gasteiger partial charge on any atom is -0.425 e. The van der Waals surface area contributed by atoms with Gasteiger partial charge in [0.15, 0.2) is 0 Å². The van der Waals surface area contributed by atoms with E-state index in [0.717, 1.165) is 5.46 Å². The van der Waals surface area contributed by atoms with E-state index in [0.29, 0.717) is 13.2 Å². The fourth-order valence-electron chi connectivity index (χ4n) is 2.45. The molecule has 1 aromatic heterocycles. The SMILES string of the molecule is NCCOB(c1ccc(-c2ccccc2)cc1)c1cccs1. The lowest BCUT2D eigenvalue weighted by molar-refractivity contribution is 0.345. The Balaban J connectivity index is 1.86. The van der Waals surface area contributed by atoms with Crippen molar-refractivity contribution in [1.82, 2.24) is 0 Å². The molecule has 0 aliphatic carbocycles. The van der Waals surface area contributed by atoms with Gasteiger partial charge in [-0.25, -0.2) is 0 Å². The molecule has 0 saturated carbocycles. The second-order valence-electron chi connectivity index (χ2n) is 5.04. The summed E-state index contributed by atoms with van der Waals surface area (Å²) in [5.74, 6) is 0. The van der Waals surface area contributed by atoms with E-state index in [1.54, 1.807) is 11.3 Å². The van der Waals surface area contributed by atoms with E-state index in [9.17, 15) is 0 Å². The number of hydrogen-bond donors (Lipinski definition) is 1. The molecule has 0 spiro atoms. The topological polar surface area (TPSA) is 35.2 Å². The summed E-state index contributed by atoms with van der Waals surface area (Å²) < 4.78 is 7.16. The molecule has 0 saturated heterocycles. The number of benzene rings is 2. The molecule has 0 amide bonds. The van der Waals surface area contributed by atoms with Gasteiger partial charge in [-0.15, -0.1) is 0 Å². The molecule has 0 radical (unpaired) electrons. The maximum absolute atomic E-state index is 5.95. The molecular formula is C18H18BNOS. The Kier molecular flexibility index (Phi) is 5.06. The first-order chi connectivity index (χ1) is 10.9. The number of nitrogens with two attached hydrogens (primary N) is 1. The van der Waals surface area contributed by atoms with E-state index in [1.165, 1.54) is 15.9 Å². The number of thiophene rings is 1. The van der Waals surface area contributed by atoms with Crippen molar-refractivity contribution < 1.29 is 4.65 Å². The average Bonchev–Trinajstić information content (AvgIpc) is 3.11. The lowest BCUT2D eigenvalue weighted by Gasteiger charge is -2.13. The van der Waals surface area contributed by atoms with Crippen LogP contribution in [0.3, 0.4) is 0 Å². The normalized spacial score (nSPS) is 10.6. The van der Waals surface area contributed by atoms with Gasteiger partial charge >= 0.3 is 6.92 Å². The van der Waals surface area contributed by atoms with E-state index in [2.05, 4.69) is 66.0 Å². The van der Waals surface area contributed by atoms with Crippen LogP contribution in [0.5, 0.6) is 0 Å². The Morgan fingerprint density at radius 3 is 2.23 bits per heavy atom. The second kappa shape index (κ2) is 7.41. The zero-order valence-electron chi connectivity index (χ0n) is 12.3. The third-order valence-corrected chi connectivity index (χ3v) is 4.44. The molecule has 0 unspecified atom stereocenters. The molecule has 2 nitrogen and oxygen atoms in total. The van der Waals surface area contributed by atoms with Crippen molar-refractivity contribution in [3.05, 3.63) is 72.1 Å². The van der Waals surface area contributed by atoms with Crippen molar-refractivity contribution in [2.75, 3.05) is 13.2 Å². The third kappa shape index (κ3) is 3.47. The molecule has 4 heteroatoms. The van der Waals surface area contributed by atoms with E-state index in [4.69, 9.17) is 10.4 Å². The van der Waals surface area contributed by atoms with E-state index >= 15 is 0 Å². The van der Waals surface area contributed by atoms with Gasteiger partial charge in [-0.2, -0.15) is 11.3 Å². The molecular weight excluding hydrogens is 289 g/mol. The lowest BCUT2D eigenvalue weighted by Crippen LogP contribution is -2.44. The molecule has 3 rings (SSSR count). The van der Waals surface area contributed by atoms with Crippen molar-refractivity contribution in [3.8, 4) is 11.1 Å². The molecule has 0 aliphatic heterocycles. The minimum atomic E-state index is -0.0339. The van der Waals surface area contributed by atoms with Crippen molar-refractivity contribution >= 4 is 28.5 Å². The van der Waals surface area contributed by atoms with Crippen molar-refractivity contribution in [1.29, 1.82) is 0 Å². The molecule has 1 heterocycles. The summed E-state index contributed by atoms with van der Waals surface area (Å²) in [5, 5.41) is 2.08. The van der Waals surface area contributed by atoms with Gasteiger partial charge in [-0.05, 0) is 22.0 Å². The Morgan fingerprint density at radius 1 is 0.864 bits per heavy atom. The number of hydrogen-bond acceptors (Lipinski definition) is 3. The van der Waals surface area contributed by atoms with E-state index < -0.39 is 0 Å². The summed E-state index contributed by atoms with van der Waals surface area (Å²) in [6, 6.07) is 23.1. The van der Waals surface area contributed by atoms with Gasteiger partial charge in [0.25, 0.3) is 0 Å². The molecule has 22 heavy (non-hydrogen) atoms. The Bertz CT molecular complexity index is 683. The third-order valence-electron chi connectivity index (χ3n) is 3.52. The average molecular weight is 307 g/mol. The quantitative estimate of drug-likeness (QED) is 0.710. The fourth-order valence-corrected chi connectivity index (χ4v) is 3.25. The van der Waals surface area contributed by atoms with Crippen molar-refractivity contribution in [2.45, 2.75) is 0 Å². The summed E-state index contributed by atoms with van der Waals surface area (Å²) in [6.07, 6.45) is 0. The molecule has 110 valence electrons. The van der Waals surface area contributed by atoms with Gasteiger partial charge in [-0.1, -0.05) is 66.7 Å². The first-order valence-electron chi connectivity index (χ1n) is 7.39. The van der Waals surface area contributed by atoms with Gasteiger partial charge in [-0.3, -0.25) is 0 Å². The van der Waals surface area contributed by atoms with Crippen LogP contribution in [0.1, 0.15) is 0 Å². The van der Waals surface area contributed by atoms with Crippen LogP contribution in [0.15, 0.2) is 72.1 Å². The van der Waals surface area contributed by atoms with Crippen LogP contribution in [-0.4, -0.2) is 20.1 Å². The maximum atomic E-state index is 5.95. The molecule has 0 aliphatic rings. The maximum Gasteiger partial charge on any atom is 0.372 e. The molecule has 0 fully saturated rings. The molecule has 0 atom stereocenters. The van der Waals surface area contributed by atoms with Crippen molar-refractivity contribution in [2.24, 2.45) is 5.73 Å². The summed E-state index contributed by atoms with van der Waals surface area (Å²) in [6.45, 7) is 1.06. The summed E-state index contributed by atoms with van der Waals surface area (Å²) in [7, 11) is 0. The van der Waals surface area contributed by atoms with Gasteiger partial charge < -0.3 is 10.4 Å². The smallest absolute Gasteiger partial charge is 0.372 e. The number of rotatable bonds is 6. The summed E-state index contributed by atoms with van der Waals surface area (Å²) >= 11 is 1.71. The van der Waals surface area contributed by atoms with E-state index in [1.807, 2.05) is 6.07 Å². The van der Waals surface area contributed by atoms with E-state index in [-0.39, 0.29) is 6.92 Å². The highest BCUT2D eigenvalue weighted by Crippen LogP contribution is 2.17. The Labute approximate surface area is 135 Å². The van der Waals surface area contributed by atoms with Gasteiger partial charge in [0.1, 0.15) is 0 Å². The second-order valence-corrected chi connectivity index (χ2v) is 6.02. The molecule has 2 N–H and O–H groups in total. The standard InChI is InChI=1S/C18H18BNOS/c20-12-13-21-19(18-7-4-14-22-18)17-10-8-16(9-11-17)15-5-2-1-3-6-15/h1-11,14H,12-13,20H2. The zero-order valence-corrected chi connectivity index (χ0v) is 13.1. The monoisotopic (exact) mass is 307 g/mol. The highest BCUT2D eigenvalue weighted by atomic mass is 32.1. The first-order valence-corrected chi connectivity index (χ1v) is 8.27. The van der Waals surface area contributed by atoms with Crippen LogP contribution >= 0.6 is 11.3 Å². The summed E-state index contributed by atoms with van der Waals surface area (Å²) in [4.78, 5) is 0. The predicted molar refractivity (Wildman–Crippen MR) is 96.2 cm³/mol. The first kappa shape index (κ1) is 15.0.